The minimum absolute atomic E-state index is 1.00. The summed E-state index contributed by atoms with van der Waals surface area (Å²) in [7, 11) is 0. The van der Waals surface area contributed by atoms with E-state index in [1.807, 2.05) is 0 Å². The molecule has 0 amide bonds. The maximum Gasteiger partial charge on any atom is 0.0466 e. The van der Waals surface area contributed by atoms with E-state index in [0.717, 1.165) is 13.2 Å². The van der Waals surface area contributed by atoms with Crippen molar-refractivity contribution in [3.05, 3.63) is 35.4 Å². The summed E-state index contributed by atoms with van der Waals surface area (Å²) >= 11 is 0. The number of aryl methyl sites for hydroxylation is 2. The van der Waals surface area contributed by atoms with Crippen molar-refractivity contribution in [1.82, 2.24) is 0 Å². The van der Waals surface area contributed by atoms with Gasteiger partial charge >= 0.3 is 0 Å². The molecule has 15 heavy (non-hydrogen) atoms. The Balaban J connectivity index is 0.000000124. The van der Waals surface area contributed by atoms with E-state index in [1.54, 1.807) is 11.1 Å². The molecule has 0 N–H and O–H groups in total. The molecular formula is C14H20O. The second kappa shape index (κ2) is 5.92. The van der Waals surface area contributed by atoms with Gasteiger partial charge in [-0.15, -0.1) is 0 Å². The third-order valence-electron chi connectivity index (χ3n) is 3.09. The van der Waals surface area contributed by atoms with Gasteiger partial charge in [-0.25, -0.2) is 0 Å². The van der Waals surface area contributed by atoms with E-state index in [9.17, 15) is 0 Å². The summed E-state index contributed by atoms with van der Waals surface area (Å²) in [6, 6.07) is 8.74. The van der Waals surface area contributed by atoms with Crippen LogP contribution in [0.15, 0.2) is 24.3 Å². The fraction of sp³-hybridized carbons (Fsp3) is 0.571. The molecule has 0 radical (unpaired) electrons. The molecule has 82 valence electrons. The molecule has 1 fully saturated rings. The van der Waals surface area contributed by atoms with Crippen molar-refractivity contribution in [3.63, 3.8) is 0 Å². The van der Waals surface area contributed by atoms with E-state index in [4.69, 9.17) is 4.74 Å². The van der Waals surface area contributed by atoms with Crippen LogP contribution in [-0.4, -0.2) is 13.2 Å². The van der Waals surface area contributed by atoms with Crippen LogP contribution in [0.25, 0.3) is 0 Å². The second-order valence-corrected chi connectivity index (χ2v) is 4.30. The fourth-order valence-corrected chi connectivity index (χ4v) is 2.20. The van der Waals surface area contributed by atoms with Crippen LogP contribution < -0.4 is 0 Å². The van der Waals surface area contributed by atoms with Gasteiger partial charge in [0.05, 0.1) is 0 Å². The largest absolute Gasteiger partial charge is 0.381 e. The quantitative estimate of drug-likeness (QED) is 0.629. The Morgan fingerprint density at radius 3 is 1.73 bits per heavy atom. The van der Waals surface area contributed by atoms with E-state index < -0.39 is 0 Å². The van der Waals surface area contributed by atoms with Crippen LogP contribution in [0.1, 0.15) is 36.8 Å². The molecule has 3 rings (SSSR count). The molecule has 1 saturated heterocycles. The average molecular weight is 204 g/mol. The minimum Gasteiger partial charge on any atom is -0.381 e. The van der Waals surface area contributed by atoms with Gasteiger partial charge in [-0.1, -0.05) is 24.3 Å². The van der Waals surface area contributed by atoms with Crippen molar-refractivity contribution in [2.45, 2.75) is 38.5 Å². The van der Waals surface area contributed by atoms with Crippen LogP contribution in [0.2, 0.25) is 0 Å². The number of rotatable bonds is 0. The molecule has 1 aromatic rings. The van der Waals surface area contributed by atoms with Crippen molar-refractivity contribution < 1.29 is 4.74 Å². The van der Waals surface area contributed by atoms with Crippen LogP contribution in [0.5, 0.6) is 0 Å². The van der Waals surface area contributed by atoms with Gasteiger partial charge in [-0.05, 0) is 49.7 Å². The van der Waals surface area contributed by atoms with Gasteiger partial charge < -0.3 is 4.74 Å². The summed E-state index contributed by atoms with van der Waals surface area (Å²) in [5.74, 6) is 0. The zero-order valence-electron chi connectivity index (χ0n) is 9.37. The topological polar surface area (TPSA) is 9.23 Å². The molecule has 2 aliphatic rings. The predicted molar refractivity (Wildman–Crippen MR) is 63.1 cm³/mol. The highest BCUT2D eigenvalue weighted by molar-refractivity contribution is 5.30. The van der Waals surface area contributed by atoms with Gasteiger partial charge in [0.15, 0.2) is 0 Å². The standard InChI is InChI=1S/C9H10.C5H10O/c1-2-5-9-7-3-6-8(9)4-1;1-2-4-6-5-3-1/h1-2,4-5H,3,6-7H2;1-5H2. The molecule has 0 unspecified atom stereocenters. The first-order valence-electron chi connectivity index (χ1n) is 6.11. The van der Waals surface area contributed by atoms with Crippen molar-refractivity contribution in [2.75, 3.05) is 13.2 Å². The van der Waals surface area contributed by atoms with Crippen LogP contribution >= 0.6 is 0 Å². The molecule has 1 nitrogen and oxygen atoms in total. The van der Waals surface area contributed by atoms with Gasteiger partial charge in [0.2, 0.25) is 0 Å². The Kier molecular flexibility index (Phi) is 4.22. The van der Waals surface area contributed by atoms with E-state index >= 15 is 0 Å². The second-order valence-electron chi connectivity index (χ2n) is 4.30. The smallest absolute Gasteiger partial charge is 0.0466 e. The third kappa shape index (κ3) is 3.35. The monoisotopic (exact) mass is 204 g/mol. The Labute approximate surface area is 92.5 Å². The van der Waals surface area contributed by atoms with Crippen molar-refractivity contribution >= 4 is 0 Å². The number of benzene rings is 1. The molecule has 1 aliphatic heterocycles. The van der Waals surface area contributed by atoms with Gasteiger partial charge in [-0.3, -0.25) is 0 Å². The van der Waals surface area contributed by atoms with Gasteiger partial charge in [0.25, 0.3) is 0 Å². The van der Waals surface area contributed by atoms with E-state index in [-0.39, 0.29) is 0 Å². The molecule has 0 aromatic heterocycles. The number of fused-ring (bicyclic) bond motifs is 1. The Morgan fingerprint density at radius 1 is 0.733 bits per heavy atom. The maximum absolute atomic E-state index is 5.07. The first-order chi connectivity index (χ1) is 7.47. The van der Waals surface area contributed by atoms with Gasteiger partial charge in [0, 0.05) is 13.2 Å². The van der Waals surface area contributed by atoms with E-state index in [0.29, 0.717) is 0 Å². The van der Waals surface area contributed by atoms with Gasteiger partial charge in [0.1, 0.15) is 0 Å². The fourth-order valence-electron chi connectivity index (χ4n) is 2.20. The Morgan fingerprint density at radius 2 is 1.33 bits per heavy atom. The molecule has 0 bridgehead atoms. The normalized spacial score (nSPS) is 18.9. The van der Waals surface area contributed by atoms with Crippen molar-refractivity contribution in [2.24, 2.45) is 0 Å². The van der Waals surface area contributed by atoms with Crippen LogP contribution in [0.3, 0.4) is 0 Å². The number of hydrogen-bond acceptors (Lipinski definition) is 1. The number of ether oxygens (including phenoxy) is 1. The highest BCUT2D eigenvalue weighted by Gasteiger charge is 2.07. The lowest BCUT2D eigenvalue weighted by molar-refractivity contribution is 0.0968. The van der Waals surface area contributed by atoms with E-state index in [1.165, 1.54) is 38.5 Å². The van der Waals surface area contributed by atoms with Crippen molar-refractivity contribution in [1.29, 1.82) is 0 Å². The molecule has 0 saturated carbocycles. The molecule has 1 aromatic carbocycles. The SMILES string of the molecule is C1CCOCC1.c1ccc2c(c1)CCC2. The van der Waals surface area contributed by atoms with Crippen LogP contribution in [0, 0.1) is 0 Å². The average Bonchev–Trinajstić information content (AvgIpc) is 2.80. The summed E-state index contributed by atoms with van der Waals surface area (Å²) in [6.07, 6.45) is 7.89. The highest BCUT2D eigenvalue weighted by Crippen LogP contribution is 2.20. The number of hydrogen-bond donors (Lipinski definition) is 0. The lowest BCUT2D eigenvalue weighted by atomic mass is 10.1. The first kappa shape index (κ1) is 10.7. The summed E-state index contributed by atoms with van der Waals surface area (Å²) in [5.41, 5.74) is 3.13. The lowest BCUT2D eigenvalue weighted by Gasteiger charge is -2.08. The molecule has 0 spiro atoms. The molecule has 1 aliphatic carbocycles. The maximum atomic E-state index is 5.07. The minimum atomic E-state index is 1.00. The van der Waals surface area contributed by atoms with Crippen LogP contribution in [0.4, 0.5) is 0 Å². The summed E-state index contributed by atoms with van der Waals surface area (Å²) in [6.45, 7) is 2.00. The Hall–Kier alpha value is -0.820. The molecule has 1 heteroatoms. The molecule has 0 atom stereocenters. The summed E-state index contributed by atoms with van der Waals surface area (Å²) in [5, 5.41) is 0. The summed E-state index contributed by atoms with van der Waals surface area (Å²) in [4.78, 5) is 0. The highest BCUT2D eigenvalue weighted by atomic mass is 16.5. The van der Waals surface area contributed by atoms with Crippen molar-refractivity contribution in [3.8, 4) is 0 Å². The third-order valence-corrected chi connectivity index (χ3v) is 3.09. The first-order valence-corrected chi connectivity index (χ1v) is 6.11. The summed E-state index contributed by atoms with van der Waals surface area (Å²) < 4.78 is 5.07. The van der Waals surface area contributed by atoms with Gasteiger partial charge in [-0.2, -0.15) is 0 Å². The molecule has 1 heterocycles. The van der Waals surface area contributed by atoms with E-state index in [2.05, 4.69) is 24.3 Å². The Bertz CT molecular complexity index is 255. The zero-order valence-corrected chi connectivity index (χ0v) is 9.37. The lowest BCUT2D eigenvalue weighted by Crippen LogP contribution is -2.03. The van der Waals surface area contributed by atoms with Crippen LogP contribution in [-0.2, 0) is 17.6 Å². The predicted octanol–water partition coefficient (Wildman–Crippen LogP) is 3.36. The molecular weight excluding hydrogens is 184 g/mol. The zero-order chi connectivity index (χ0) is 10.3.